The molecule has 0 bridgehead atoms. The second kappa shape index (κ2) is 1.69. The van der Waals surface area contributed by atoms with Crippen molar-refractivity contribution in [3.05, 3.63) is 18.6 Å². The van der Waals surface area contributed by atoms with Gasteiger partial charge in [0, 0.05) is 19.3 Å². The van der Waals surface area contributed by atoms with Crippen LogP contribution in [0.2, 0.25) is 0 Å². The van der Waals surface area contributed by atoms with E-state index < -0.39 is 0 Å². The first-order valence-electron chi connectivity index (χ1n) is 2.98. The minimum Gasteiger partial charge on any atom is -0.353 e. The maximum absolute atomic E-state index is 4.06. The molecule has 0 atom stereocenters. The van der Waals surface area contributed by atoms with Crippen LogP contribution in [0.5, 0.6) is 0 Å². The predicted octanol–water partition coefficient (Wildman–Crippen LogP) is 0.297. The number of nitrogens with zero attached hydrogens (tertiary/aromatic N) is 3. The van der Waals surface area contributed by atoms with Crippen LogP contribution in [0.25, 0.3) is 0 Å². The lowest BCUT2D eigenvalue weighted by Gasteiger charge is -1.96. The Balaban J connectivity index is 2.29. The van der Waals surface area contributed by atoms with Crippen molar-refractivity contribution in [1.29, 1.82) is 0 Å². The Morgan fingerprint density at radius 2 is 2.33 bits per heavy atom. The Kier molecular flexibility index (Phi) is 0.886. The van der Waals surface area contributed by atoms with Crippen LogP contribution in [-0.4, -0.2) is 23.1 Å². The van der Waals surface area contributed by atoms with Crippen LogP contribution < -0.4 is 4.90 Å². The normalized spacial score (nSPS) is 15.8. The van der Waals surface area contributed by atoms with Crippen molar-refractivity contribution in [2.75, 3.05) is 18.0 Å². The fourth-order valence-corrected chi connectivity index (χ4v) is 0.750. The van der Waals surface area contributed by atoms with Gasteiger partial charge >= 0.3 is 0 Å². The zero-order valence-electron chi connectivity index (χ0n) is 4.99. The first kappa shape index (κ1) is 4.73. The Labute approximate surface area is 53.4 Å². The molecule has 0 radical (unpaired) electrons. The van der Waals surface area contributed by atoms with E-state index in [9.17, 15) is 0 Å². The van der Waals surface area contributed by atoms with E-state index in [0.29, 0.717) is 0 Å². The van der Waals surface area contributed by atoms with Crippen LogP contribution in [0.1, 0.15) is 0 Å². The van der Waals surface area contributed by atoms with E-state index in [1.54, 1.807) is 12.5 Å². The van der Waals surface area contributed by atoms with E-state index >= 15 is 0 Å². The van der Waals surface area contributed by atoms with E-state index in [-0.39, 0.29) is 0 Å². The Hall–Kier alpha value is -1.12. The Morgan fingerprint density at radius 3 is 2.89 bits per heavy atom. The molecule has 1 aromatic heterocycles. The van der Waals surface area contributed by atoms with Gasteiger partial charge in [-0.15, -0.1) is 0 Å². The molecule has 0 aliphatic carbocycles. The molecule has 0 spiro atoms. The van der Waals surface area contributed by atoms with Gasteiger partial charge in [0.15, 0.2) is 0 Å². The summed E-state index contributed by atoms with van der Waals surface area (Å²) in [5, 5.41) is 0. The third-order valence-corrected chi connectivity index (χ3v) is 1.34. The number of anilines is 1. The molecule has 0 saturated carbocycles. The molecule has 0 unspecified atom stereocenters. The van der Waals surface area contributed by atoms with E-state index in [1.807, 2.05) is 6.07 Å². The van der Waals surface area contributed by atoms with E-state index in [2.05, 4.69) is 14.9 Å². The van der Waals surface area contributed by atoms with E-state index in [1.165, 1.54) is 0 Å². The maximum Gasteiger partial charge on any atom is 0.132 e. The first-order chi connectivity index (χ1) is 4.47. The lowest BCUT2D eigenvalue weighted by atomic mass is 10.6. The van der Waals surface area contributed by atoms with E-state index in [4.69, 9.17) is 0 Å². The molecule has 0 aromatic carbocycles. The zero-order valence-corrected chi connectivity index (χ0v) is 4.99. The Bertz CT molecular complexity index is 193. The van der Waals surface area contributed by atoms with Crippen LogP contribution in [0, 0.1) is 0 Å². The summed E-state index contributed by atoms with van der Waals surface area (Å²) in [6.45, 7) is 2.30. The summed E-state index contributed by atoms with van der Waals surface area (Å²) in [6, 6.07) is 1.92. The topological polar surface area (TPSA) is 28.8 Å². The van der Waals surface area contributed by atoms with Gasteiger partial charge in [-0.05, 0) is 6.07 Å². The molecule has 1 fully saturated rings. The molecular weight excluding hydrogens is 114 g/mol. The molecule has 3 heteroatoms. The lowest BCUT2D eigenvalue weighted by molar-refractivity contribution is 1.13. The molecule has 1 aromatic rings. The highest BCUT2D eigenvalue weighted by Gasteiger charge is 2.17. The Morgan fingerprint density at radius 1 is 1.44 bits per heavy atom. The maximum atomic E-state index is 4.06. The minimum atomic E-state index is 1.05. The number of rotatable bonds is 1. The van der Waals surface area contributed by atoms with Gasteiger partial charge in [-0.2, -0.15) is 0 Å². The van der Waals surface area contributed by atoms with Gasteiger partial charge in [0.05, 0.1) is 0 Å². The zero-order chi connectivity index (χ0) is 6.10. The molecule has 1 aliphatic rings. The van der Waals surface area contributed by atoms with Crippen LogP contribution in [0.4, 0.5) is 5.82 Å². The van der Waals surface area contributed by atoms with Gasteiger partial charge in [0.2, 0.25) is 0 Å². The van der Waals surface area contributed by atoms with E-state index in [0.717, 1.165) is 18.9 Å². The fraction of sp³-hybridized carbons (Fsp3) is 0.333. The molecule has 9 heavy (non-hydrogen) atoms. The minimum absolute atomic E-state index is 1.05. The number of aromatic nitrogens is 2. The van der Waals surface area contributed by atoms with Crippen molar-refractivity contribution in [1.82, 2.24) is 9.97 Å². The molecule has 1 saturated heterocycles. The highest BCUT2D eigenvalue weighted by atomic mass is 15.3. The van der Waals surface area contributed by atoms with Gasteiger partial charge in [0.25, 0.3) is 0 Å². The predicted molar refractivity (Wildman–Crippen MR) is 34.2 cm³/mol. The third kappa shape index (κ3) is 0.850. The summed E-state index contributed by atoms with van der Waals surface area (Å²) in [4.78, 5) is 10.1. The third-order valence-electron chi connectivity index (χ3n) is 1.34. The first-order valence-corrected chi connectivity index (χ1v) is 2.98. The quantitative estimate of drug-likeness (QED) is 0.500. The van der Waals surface area contributed by atoms with Crippen molar-refractivity contribution in [3.63, 3.8) is 0 Å². The van der Waals surface area contributed by atoms with Crippen LogP contribution in [0.15, 0.2) is 18.6 Å². The van der Waals surface area contributed by atoms with Crippen molar-refractivity contribution in [2.24, 2.45) is 0 Å². The average Bonchev–Trinajstić information content (AvgIpc) is 2.71. The molecule has 2 rings (SSSR count). The number of hydrogen-bond donors (Lipinski definition) is 0. The largest absolute Gasteiger partial charge is 0.353 e. The molecule has 46 valence electrons. The van der Waals surface area contributed by atoms with Crippen molar-refractivity contribution < 1.29 is 0 Å². The summed E-state index contributed by atoms with van der Waals surface area (Å²) in [5.74, 6) is 1.05. The SMILES string of the molecule is c1cc(N2CC2)ncn1. The highest BCUT2D eigenvalue weighted by Crippen LogP contribution is 2.15. The molecule has 3 nitrogen and oxygen atoms in total. The lowest BCUT2D eigenvalue weighted by Crippen LogP contribution is -1.93. The van der Waals surface area contributed by atoms with Crippen LogP contribution in [-0.2, 0) is 0 Å². The average molecular weight is 121 g/mol. The second-order valence-corrected chi connectivity index (χ2v) is 2.05. The van der Waals surface area contributed by atoms with Crippen LogP contribution >= 0.6 is 0 Å². The summed E-state index contributed by atoms with van der Waals surface area (Å²) in [5.41, 5.74) is 0. The smallest absolute Gasteiger partial charge is 0.132 e. The van der Waals surface area contributed by atoms with Gasteiger partial charge < -0.3 is 4.90 Å². The molecule has 0 N–H and O–H groups in total. The monoisotopic (exact) mass is 121 g/mol. The second-order valence-electron chi connectivity index (χ2n) is 2.05. The molecule has 1 aliphatic heterocycles. The van der Waals surface area contributed by atoms with Gasteiger partial charge in [0.1, 0.15) is 12.1 Å². The molecule has 2 heterocycles. The molecule has 0 amide bonds. The van der Waals surface area contributed by atoms with Gasteiger partial charge in [-0.3, -0.25) is 0 Å². The summed E-state index contributed by atoms with van der Waals surface area (Å²) < 4.78 is 0. The summed E-state index contributed by atoms with van der Waals surface area (Å²) >= 11 is 0. The summed E-state index contributed by atoms with van der Waals surface area (Å²) in [7, 11) is 0. The standard InChI is InChI=1S/C6H7N3/c1-2-7-5-8-6(1)9-3-4-9/h1-2,5H,3-4H2. The van der Waals surface area contributed by atoms with Crippen molar-refractivity contribution in [3.8, 4) is 0 Å². The van der Waals surface area contributed by atoms with Gasteiger partial charge in [-0.1, -0.05) is 0 Å². The van der Waals surface area contributed by atoms with Crippen LogP contribution in [0.3, 0.4) is 0 Å². The fourth-order valence-electron chi connectivity index (χ4n) is 0.750. The number of hydrogen-bond acceptors (Lipinski definition) is 3. The summed E-state index contributed by atoms with van der Waals surface area (Å²) in [6.07, 6.45) is 3.34. The van der Waals surface area contributed by atoms with Gasteiger partial charge in [-0.25, -0.2) is 9.97 Å². The molecular formula is C6H7N3. The van der Waals surface area contributed by atoms with Crippen molar-refractivity contribution >= 4 is 5.82 Å². The highest BCUT2D eigenvalue weighted by molar-refractivity contribution is 5.42. The van der Waals surface area contributed by atoms with Crippen molar-refractivity contribution in [2.45, 2.75) is 0 Å².